The number of Topliss-reactive ketones (excluding diaryl/α,β-unsaturated/α-hetero) is 1. The molecule has 0 bridgehead atoms. The number of phenolic OH excluding ortho intramolecular Hbond substituents is 1. The Labute approximate surface area is 222 Å². The van der Waals surface area contributed by atoms with E-state index >= 15 is 0 Å². The predicted octanol–water partition coefficient (Wildman–Crippen LogP) is 6.46. The maximum atomic E-state index is 13.4. The Kier molecular flexibility index (Phi) is 6.86. The maximum absolute atomic E-state index is 13.4. The molecule has 2 heterocycles. The summed E-state index contributed by atoms with van der Waals surface area (Å²) in [6, 6.07) is 17.2. The summed E-state index contributed by atoms with van der Waals surface area (Å²) in [6.45, 7) is 2.59. The third-order valence-electron chi connectivity index (χ3n) is 6.07. The molecule has 1 aliphatic rings. The summed E-state index contributed by atoms with van der Waals surface area (Å²) in [7, 11) is 0. The van der Waals surface area contributed by atoms with Crippen LogP contribution in [0.4, 0.5) is 5.13 Å². The largest absolute Gasteiger partial charge is 0.508 e. The van der Waals surface area contributed by atoms with Crippen LogP contribution in [0.3, 0.4) is 0 Å². The highest BCUT2D eigenvalue weighted by molar-refractivity contribution is 7.22. The molecule has 1 atom stereocenters. The van der Waals surface area contributed by atoms with Crippen LogP contribution in [0.2, 0.25) is 5.02 Å². The lowest BCUT2D eigenvalue weighted by Crippen LogP contribution is -2.29. The summed E-state index contributed by atoms with van der Waals surface area (Å²) in [6.07, 6.45) is 1.86. The van der Waals surface area contributed by atoms with Gasteiger partial charge in [0, 0.05) is 10.6 Å². The third-order valence-corrected chi connectivity index (χ3v) is 7.33. The second-order valence-electron chi connectivity index (χ2n) is 8.60. The number of halogens is 1. The molecular formula is C28H23ClN2O5S. The normalized spacial score (nSPS) is 17.0. The van der Waals surface area contributed by atoms with E-state index in [1.54, 1.807) is 54.6 Å². The molecule has 1 fully saturated rings. The molecule has 37 heavy (non-hydrogen) atoms. The average Bonchev–Trinajstić information content (AvgIpc) is 3.42. The van der Waals surface area contributed by atoms with Crippen LogP contribution < -0.4 is 9.64 Å². The topological polar surface area (TPSA) is 100.0 Å². The number of fused-ring (bicyclic) bond motifs is 1. The first-order valence-electron chi connectivity index (χ1n) is 11.8. The number of aromatic nitrogens is 1. The van der Waals surface area contributed by atoms with Crippen molar-refractivity contribution in [3.05, 3.63) is 88.5 Å². The van der Waals surface area contributed by atoms with Gasteiger partial charge < -0.3 is 14.9 Å². The number of aliphatic hydroxyl groups is 1. The molecule has 0 radical (unpaired) electrons. The highest BCUT2D eigenvalue weighted by Crippen LogP contribution is 2.45. The maximum Gasteiger partial charge on any atom is 0.301 e. The van der Waals surface area contributed by atoms with Crippen LogP contribution in [-0.2, 0) is 9.59 Å². The van der Waals surface area contributed by atoms with Gasteiger partial charge in [-0.25, -0.2) is 4.98 Å². The number of carbonyl (C=O) groups is 2. The molecular weight excluding hydrogens is 512 g/mol. The molecule has 3 aromatic carbocycles. The van der Waals surface area contributed by atoms with Gasteiger partial charge in [-0.15, -0.1) is 0 Å². The van der Waals surface area contributed by atoms with Gasteiger partial charge in [0.25, 0.3) is 5.78 Å². The number of benzene rings is 3. The average molecular weight is 535 g/mol. The number of amides is 1. The number of unbranched alkanes of at least 4 members (excludes halogenated alkanes) is 1. The van der Waals surface area contributed by atoms with Crippen molar-refractivity contribution in [3.63, 3.8) is 0 Å². The van der Waals surface area contributed by atoms with E-state index in [9.17, 15) is 19.8 Å². The summed E-state index contributed by atoms with van der Waals surface area (Å²) in [5, 5.41) is 22.0. The lowest BCUT2D eigenvalue weighted by Gasteiger charge is -2.23. The van der Waals surface area contributed by atoms with Gasteiger partial charge in [-0.1, -0.05) is 60.5 Å². The van der Waals surface area contributed by atoms with Gasteiger partial charge in [0.2, 0.25) is 0 Å². The monoisotopic (exact) mass is 534 g/mol. The molecule has 0 spiro atoms. The number of ether oxygens (including phenoxy) is 1. The molecule has 2 N–H and O–H groups in total. The molecule has 7 nitrogen and oxygen atoms in total. The number of carbonyl (C=O) groups excluding carboxylic acids is 2. The standard InChI is InChI=1S/C28H23ClN2O5S/c1-2-3-13-36-20-6-4-5-17(14-20)25(33)23-24(16-7-10-19(32)11-8-16)31(27(35)26(23)34)28-30-21-12-9-18(29)15-22(21)37-28/h4-12,14-15,24,32-33H,2-3,13H2,1H3/b25-23+. The SMILES string of the molecule is CCCCOc1cccc(/C(O)=C2\C(=O)C(=O)N(c3nc4ccc(Cl)cc4s3)C2c2ccc(O)cc2)c1. The molecule has 0 aliphatic carbocycles. The van der Waals surface area contributed by atoms with Crippen LogP contribution in [0, 0.1) is 0 Å². The fourth-order valence-corrected chi connectivity index (χ4v) is 5.48. The molecule has 9 heteroatoms. The van der Waals surface area contributed by atoms with Crippen molar-refractivity contribution in [2.24, 2.45) is 0 Å². The van der Waals surface area contributed by atoms with Crippen molar-refractivity contribution in [1.82, 2.24) is 4.98 Å². The van der Waals surface area contributed by atoms with Crippen molar-refractivity contribution in [2.75, 3.05) is 11.5 Å². The van der Waals surface area contributed by atoms with Gasteiger partial charge in [0.15, 0.2) is 5.13 Å². The zero-order valence-corrected chi connectivity index (χ0v) is 21.4. The minimum atomic E-state index is -0.957. The second kappa shape index (κ2) is 10.2. The molecule has 1 unspecified atom stereocenters. The van der Waals surface area contributed by atoms with Gasteiger partial charge in [-0.2, -0.15) is 0 Å². The van der Waals surface area contributed by atoms with Gasteiger partial charge in [0.05, 0.1) is 28.4 Å². The highest BCUT2D eigenvalue weighted by Gasteiger charge is 2.48. The molecule has 4 aromatic rings. The van der Waals surface area contributed by atoms with E-state index in [0.717, 1.165) is 17.5 Å². The van der Waals surface area contributed by atoms with Crippen molar-refractivity contribution in [1.29, 1.82) is 0 Å². The van der Waals surface area contributed by atoms with Crippen molar-refractivity contribution in [2.45, 2.75) is 25.8 Å². The fourth-order valence-electron chi connectivity index (χ4n) is 4.21. The van der Waals surface area contributed by atoms with E-state index < -0.39 is 17.7 Å². The smallest absolute Gasteiger partial charge is 0.301 e. The Morgan fingerprint density at radius 3 is 2.65 bits per heavy atom. The first kappa shape index (κ1) is 24.8. The highest BCUT2D eigenvalue weighted by atomic mass is 35.5. The lowest BCUT2D eigenvalue weighted by molar-refractivity contribution is -0.132. The summed E-state index contributed by atoms with van der Waals surface area (Å²) >= 11 is 7.36. The van der Waals surface area contributed by atoms with E-state index in [-0.39, 0.29) is 17.1 Å². The summed E-state index contributed by atoms with van der Waals surface area (Å²) in [5.74, 6) is -1.36. The molecule has 1 aromatic heterocycles. The Morgan fingerprint density at radius 2 is 1.89 bits per heavy atom. The number of anilines is 1. The lowest BCUT2D eigenvalue weighted by atomic mass is 9.95. The number of hydrogen-bond acceptors (Lipinski definition) is 7. The number of rotatable bonds is 7. The minimum Gasteiger partial charge on any atom is -0.508 e. The van der Waals surface area contributed by atoms with Crippen LogP contribution in [-0.4, -0.2) is 33.5 Å². The number of nitrogens with zero attached hydrogens (tertiary/aromatic N) is 2. The van der Waals surface area contributed by atoms with Crippen LogP contribution in [0.25, 0.3) is 16.0 Å². The molecule has 1 saturated heterocycles. The number of thiazole rings is 1. The zero-order chi connectivity index (χ0) is 26.1. The molecule has 1 aliphatic heterocycles. The Bertz CT molecular complexity index is 1530. The van der Waals surface area contributed by atoms with Crippen molar-refractivity contribution >= 4 is 55.7 Å². The first-order chi connectivity index (χ1) is 17.9. The quantitative estimate of drug-likeness (QED) is 0.122. The van der Waals surface area contributed by atoms with Crippen molar-refractivity contribution < 1.29 is 24.5 Å². The van der Waals surface area contributed by atoms with Gasteiger partial charge in [0.1, 0.15) is 17.3 Å². The number of ketones is 1. The number of hydrogen-bond donors (Lipinski definition) is 2. The van der Waals surface area contributed by atoms with Crippen molar-refractivity contribution in [3.8, 4) is 11.5 Å². The summed E-state index contributed by atoms with van der Waals surface area (Å²) in [5.41, 5.74) is 1.45. The molecule has 1 amide bonds. The van der Waals surface area contributed by atoms with E-state index in [2.05, 4.69) is 11.9 Å². The summed E-state index contributed by atoms with van der Waals surface area (Å²) in [4.78, 5) is 32.6. The zero-order valence-electron chi connectivity index (χ0n) is 19.8. The summed E-state index contributed by atoms with van der Waals surface area (Å²) < 4.78 is 6.52. The van der Waals surface area contributed by atoms with Crippen LogP contribution in [0.5, 0.6) is 11.5 Å². The number of aromatic hydroxyl groups is 1. The van der Waals surface area contributed by atoms with Gasteiger partial charge in [-0.05, 0) is 54.4 Å². The van der Waals surface area contributed by atoms with Crippen LogP contribution in [0.1, 0.15) is 36.9 Å². The van der Waals surface area contributed by atoms with E-state index in [1.165, 1.54) is 28.4 Å². The Hall–Kier alpha value is -3.88. The van der Waals surface area contributed by atoms with Crippen LogP contribution in [0.15, 0.2) is 72.3 Å². The fraction of sp³-hybridized carbons (Fsp3) is 0.179. The van der Waals surface area contributed by atoms with Crippen LogP contribution >= 0.6 is 22.9 Å². The first-order valence-corrected chi connectivity index (χ1v) is 13.0. The number of phenols is 1. The molecule has 5 rings (SSSR count). The molecule has 0 saturated carbocycles. The van der Waals surface area contributed by atoms with E-state index in [1.807, 2.05) is 0 Å². The van der Waals surface area contributed by atoms with E-state index in [0.29, 0.717) is 39.2 Å². The Balaban J connectivity index is 1.64. The van der Waals surface area contributed by atoms with E-state index in [4.69, 9.17) is 16.3 Å². The molecule has 188 valence electrons. The Morgan fingerprint density at radius 1 is 1.11 bits per heavy atom. The second-order valence-corrected chi connectivity index (χ2v) is 10.0. The van der Waals surface area contributed by atoms with Gasteiger partial charge in [-0.3, -0.25) is 14.5 Å². The third kappa shape index (κ3) is 4.77. The minimum absolute atomic E-state index is 0.0345. The predicted molar refractivity (Wildman–Crippen MR) is 144 cm³/mol. The number of aliphatic hydroxyl groups excluding tert-OH is 1. The van der Waals surface area contributed by atoms with Gasteiger partial charge >= 0.3 is 5.91 Å².